The first-order chi connectivity index (χ1) is 18.1. The van der Waals surface area contributed by atoms with E-state index < -0.39 is 11.8 Å². The SMILES string of the molecule is C[C@H](NC(=O)C(=O)NCc1ccc2c(c1)OCO2)[C@H](c1cccs1)N1CCN(Cc2ccccc2)CC1. The molecule has 0 spiro atoms. The van der Waals surface area contributed by atoms with E-state index in [1.165, 1.54) is 10.4 Å². The molecule has 3 aromatic rings. The van der Waals surface area contributed by atoms with Crippen LogP contribution in [-0.4, -0.2) is 60.6 Å². The second kappa shape index (κ2) is 11.8. The molecular weight excluding hydrogens is 488 g/mol. The maximum Gasteiger partial charge on any atom is 0.309 e. The van der Waals surface area contributed by atoms with Crippen LogP contribution in [-0.2, 0) is 22.7 Å². The average Bonchev–Trinajstić information content (AvgIpc) is 3.61. The molecule has 0 aliphatic carbocycles. The van der Waals surface area contributed by atoms with Crippen LogP contribution in [0.25, 0.3) is 0 Å². The molecule has 2 amide bonds. The Morgan fingerprint density at radius 3 is 2.46 bits per heavy atom. The van der Waals surface area contributed by atoms with E-state index in [1.54, 1.807) is 17.4 Å². The average molecular weight is 521 g/mol. The summed E-state index contributed by atoms with van der Waals surface area (Å²) in [5, 5.41) is 7.72. The van der Waals surface area contributed by atoms with E-state index in [9.17, 15) is 9.59 Å². The van der Waals surface area contributed by atoms with Crippen LogP contribution in [0.1, 0.15) is 29.0 Å². The number of nitrogens with zero attached hydrogens (tertiary/aromatic N) is 2. The summed E-state index contributed by atoms with van der Waals surface area (Å²) in [5.41, 5.74) is 2.15. The van der Waals surface area contributed by atoms with Gasteiger partial charge in [-0.3, -0.25) is 19.4 Å². The van der Waals surface area contributed by atoms with Crippen molar-refractivity contribution in [2.24, 2.45) is 0 Å². The van der Waals surface area contributed by atoms with Crippen molar-refractivity contribution in [1.82, 2.24) is 20.4 Å². The Labute approximate surface area is 221 Å². The number of carbonyl (C=O) groups excluding carboxylic acids is 2. The zero-order valence-corrected chi connectivity index (χ0v) is 21.7. The molecule has 2 aromatic carbocycles. The van der Waals surface area contributed by atoms with Crippen molar-refractivity contribution in [2.45, 2.75) is 32.1 Å². The lowest BCUT2D eigenvalue weighted by molar-refractivity contribution is -0.140. The van der Waals surface area contributed by atoms with E-state index in [0.717, 1.165) is 38.3 Å². The van der Waals surface area contributed by atoms with Gasteiger partial charge in [0, 0.05) is 50.2 Å². The van der Waals surface area contributed by atoms with Gasteiger partial charge in [0.1, 0.15) is 0 Å². The number of nitrogens with one attached hydrogen (secondary N) is 2. The zero-order chi connectivity index (χ0) is 25.6. The number of ether oxygens (including phenoxy) is 2. The van der Waals surface area contributed by atoms with Gasteiger partial charge in [0.2, 0.25) is 6.79 Å². The van der Waals surface area contributed by atoms with Gasteiger partial charge in [-0.25, -0.2) is 0 Å². The Morgan fingerprint density at radius 1 is 0.919 bits per heavy atom. The molecular formula is C28H32N4O4S. The van der Waals surface area contributed by atoms with E-state index in [1.807, 2.05) is 31.2 Å². The first kappa shape index (κ1) is 25.3. The Balaban J connectivity index is 1.16. The Morgan fingerprint density at radius 2 is 1.70 bits per heavy atom. The Kier molecular flexibility index (Phi) is 8.03. The van der Waals surface area contributed by atoms with Crippen LogP contribution in [0.3, 0.4) is 0 Å². The van der Waals surface area contributed by atoms with Crippen LogP contribution in [0.2, 0.25) is 0 Å². The van der Waals surface area contributed by atoms with E-state index in [2.05, 4.69) is 56.1 Å². The van der Waals surface area contributed by atoms with E-state index in [-0.39, 0.29) is 25.4 Å². The highest BCUT2D eigenvalue weighted by atomic mass is 32.1. The van der Waals surface area contributed by atoms with Crippen LogP contribution in [0.4, 0.5) is 0 Å². The molecule has 1 aromatic heterocycles. The highest BCUT2D eigenvalue weighted by Crippen LogP contribution is 2.32. The molecule has 2 aliphatic rings. The van der Waals surface area contributed by atoms with Gasteiger partial charge in [0.05, 0.1) is 6.04 Å². The van der Waals surface area contributed by atoms with E-state index in [0.29, 0.717) is 11.5 Å². The molecule has 0 unspecified atom stereocenters. The van der Waals surface area contributed by atoms with Crippen molar-refractivity contribution >= 4 is 23.2 Å². The van der Waals surface area contributed by atoms with Gasteiger partial charge in [0.25, 0.3) is 0 Å². The van der Waals surface area contributed by atoms with Crippen molar-refractivity contribution in [3.8, 4) is 11.5 Å². The van der Waals surface area contributed by atoms with Crippen LogP contribution in [0.5, 0.6) is 11.5 Å². The summed E-state index contributed by atoms with van der Waals surface area (Å²) in [7, 11) is 0. The minimum absolute atomic E-state index is 0.00415. The molecule has 0 saturated carbocycles. The maximum absolute atomic E-state index is 12.8. The highest BCUT2D eigenvalue weighted by Gasteiger charge is 2.32. The fraction of sp³-hybridized carbons (Fsp3) is 0.357. The monoisotopic (exact) mass is 520 g/mol. The molecule has 194 valence electrons. The van der Waals surface area contributed by atoms with Crippen LogP contribution in [0, 0.1) is 0 Å². The molecule has 5 rings (SSSR count). The second-order valence-corrected chi connectivity index (χ2v) is 10.4. The summed E-state index contributed by atoms with van der Waals surface area (Å²) in [6.07, 6.45) is 0. The predicted octanol–water partition coefficient (Wildman–Crippen LogP) is 3.16. The van der Waals surface area contributed by atoms with Crippen molar-refractivity contribution in [1.29, 1.82) is 0 Å². The van der Waals surface area contributed by atoms with Crippen molar-refractivity contribution in [3.63, 3.8) is 0 Å². The third kappa shape index (κ3) is 6.30. The summed E-state index contributed by atoms with van der Waals surface area (Å²) in [6.45, 7) is 7.03. The number of fused-ring (bicyclic) bond motifs is 1. The van der Waals surface area contributed by atoms with Gasteiger partial charge in [0.15, 0.2) is 11.5 Å². The van der Waals surface area contributed by atoms with Gasteiger partial charge in [-0.2, -0.15) is 0 Å². The van der Waals surface area contributed by atoms with Gasteiger partial charge < -0.3 is 20.1 Å². The summed E-state index contributed by atoms with van der Waals surface area (Å²) in [5.74, 6) is 0.0503. The quantitative estimate of drug-likeness (QED) is 0.444. The lowest BCUT2D eigenvalue weighted by Gasteiger charge is -2.41. The first-order valence-electron chi connectivity index (χ1n) is 12.6. The summed E-state index contributed by atoms with van der Waals surface area (Å²) >= 11 is 1.68. The van der Waals surface area contributed by atoms with Gasteiger partial charge in [-0.1, -0.05) is 42.5 Å². The minimum atomic E-state index is -0.651. The number of amides is 2. The van der Waals surface area contributed by atoms with Crippen molar-refractivity contribution < 1.29 is 19.1 Å². The largest absolute Gasteiger partial charge is 0.454 e. The van der Waals surface area contributed by atoms with Crippen molar-refractivity contribution in [2.75, 3.05) is 33.0 Å². The third-order valence-corrected chi connectivity index (χ3v) is 7.76. The first-order valence-corrected chi connectivity index (χ1v) is 13.5. The molecule has 0 bridgehead atoms. The smallest absolute Gasteiger partial charge is 0.309 e. The standard InChI is InChI=1S/C28H32N4O4S/c1-20(30-28(34)27(33)29-17-22-9-10-23-24(16-22)36-19-35-23)26(25-8-5-15-37-25)32-13-11-31(12-14-32)18-21-6-3-2-4-7-21/h2-10,15-16,20,26H,11-14,17-19H2,1H3,(H,29,33)(H,30,34)/t20-,26+/m0/s1. The summed E-state index contributed by atoms with van der Waals surface area (Å²) in [4.78, 5) is 31.4. The molecule has 0 radical (unpaired) electrons. The van der Waals surface area contributed by atoms with Crippen LogP contribution < -0.4 is 20.1 Å². The third-order valence-electron chi connectivity index (χ3n) is 6.81. The number of benzene rings is 2. The lowest BCUT2D eigenvalue weighted by atomic mass is 10.0. The topological polar surface area (TPSA) is 83.1 Å². The molecule has 2 N–H and O–H groups in total. The number of hydrogen-bond acceptors (Lipinski definition) is 7. The number of rotatable bonds is 8. The summed E-state index contributed by atoms with van der Waals surface area (Å²) < 4.78 is 10.7. The fourth-order valence-electron chi connectivity index (χ4n) is 4.91. The Hall–Kier alpha value is -3.40. The highest BCUT2D eigenvalue weighted by molar-refractivity contribution is 7.10. The predicted molar refractivity (Wildman–Crippen MR) is 142 cm³/mol. The maximum atomic E-state index is 12.8. The second-order valence-electron chi connectivity index (χ2n) is 9.39. The summed E-state index contributed by atoms with van der Waals surface area (Å²) in [6, 6.07) is 19.9. The molecule has 37 heavy (non-hydrogen) atoms. The van der Waals surface area contributed by atoms with Gasteiger partial charge in [-0.15, -0.1) is 11.3 Å². The van der Waals surface area contributed by atoms with Crippen LogP contribution in [0.15, 0.2) is 66.0 Å². The lowest BCUT2D eigenvalue weighted by Crippen LogP contribution is -2.53. The number of carbonyl (C=O) groups is 2. The molecule has 9 heteroatoms. The minimum Gasteiger partial charge on any atom is -0.454 e. The van der Waals surface area contributed by atoms with Crippen molar-refractivity contribution in [3.05, 3.63) is 82.0 Å². The molecule has 2 aliphatic heterocycles. The number of thiophene rings is 1. The molecule has 3 heterocycles. The Bertz CT molecular complexity index is 1200. The normalized spacial score (nSPS) is 17.2. The molecule has 2 atom stereocenters. The zero-order valence-electron chi connectivity index (χ0n) is 20.9. The molecule has 1 fully saturated rings. The molecule has 1 saturated heterocycles. The van der Waals surface area contributed by atoms with E-state index in [4.69, 9.17) is 9.47 Å². The van der Waals surface area contributed by atoms with Crippen LogP contribution >= 0.6 is 11.3 Å². The van der Waals surface area contributed by atoms with Gasteiger partial charge in [-0.05, 0) is 41.6 Å². The fourth-order valence-corrected chi connectivity index (χ4v) is 5.87. The molecule has 8 nitrogen and oxygen atoms in total. The number of piperazine rings is 1. The van der Waals surface area contributed by atoms with E-state index >= 15 is 0 Å². The number of hydrogen-bond donors (Lipinski definition) is 2. The van der Waals surface area contributed by atoms with Gasteiger partial charge >= 0.3 is 11.8 Å².